The zero-order valence-electron chi connectivity index (χ0n) is 14.1. The molecule has 5 nitrogen and oxygen atoms in total. The molecular formula is C20H17FN2O3. The maximum atomic E-state index is 13.8. The van der Waals surface area contributed by atoms with E-state index < -0.39 is 17.3 Å². The van der Waals surface area contributed by atoms with Crippen LogP contribution in [0, 0.1) is 12.7 Å². The zero-order valence-corrected chi connectivity index (χ0v) is 14.1. The van der Waals surface area contributed by atoms with Crippen LogP contribution in [0.1, 0.15) is 40.2 Å². The first-order valence-electron chi connectivity index (χ1n) is 8.35. The number of fused-ring (bicyclic) bond motifs is 1. The van der Waals surface area contributed by atoms with E-state index in [1.807, 2.05) is 6.92 Å². The first-order valence-corrected chi connectivity index (χ1v) is 8.35. The third-order valence-electron chi connectivity index (χ3n) is 4.89. The summed E-state index contributed by atoms with van der Waals surface area (Å²) in [6.45, 7) is 1.82. The molecule has 3 aromatic rings. The summed E-state index contributed by atoms with van der Waals surface area (Å²) in [6, 6.07) is 7.20. The molecule has 6 heteroatoms. The van der Waals surface area contributed by atoms with Crippen LogP contribution in [-0.2, 0) is 0 Å². The van der Waals surface area contributed by atoms with Crippen molar-refractivity contribution in [1.29, 1.82) is 0 Å². The summed E-state index contributed by atoms with van der Waals surface area (Å²) in [6.07, 6.45) is 3.40. The number of benzene rings is 1. The van der Waals surface area contributed by atoms with E-state index in [1.54, 1.807) is 18.3 Å². The number of halogens is 1. The van der Waals surface area contributed by atoms with Crippen molar-refractivity contribution in [3.05, 3.63) is 69.4 Å². The Kier molecular flexibility index (Phi) is 3.57. The molecule has 1 aliphatic rings. The van der Waals surface area contributed by atoms with Crippen LogP contribution in [0.25, 0.3) is 16.6 Å². The van der Waals surface area contributed by atoms with Crippen molar-refractivity contribution in [2.75, 3.05) is 5.73 Å². The van der Waals surface area contributed by atoms with Crippen molar-refractivity contribution in [3.8, 4) is 11.1 Å². The number of hydrogen-bond acceptors (Lipinski definition) is 3. The van der Waals surface area contributed by atoms with Crippen molar-refractivity contribution in [1.82, 2.24) is 4.40 Å². The van der Waals surface area contributed by atoms with Crippen molar-refractivity contribution in [3.63, 3.8) is 0 Å². The lowest BCUT2D eigenvalue weighted by molar-refractivity contribution is 0.0695. The third kappa shape index (κ3) is 2.54. The number of aromatic carboxylic acids is 1. The van der Waals surface area contributed by atoms with Gasteiger partial charge in [0, 0.05) is 18.0 Å². The maximum Gasteiger partial charge on any atom is 0.336 e. The monoisotopic (exact) mass is 352 g/mol. The van der Waals surface area contributed by atoms with E-state index in [2.05, 4.69) is 0 Å². The third-order valence-corrected chi connectivity index (χ3v) is 4.89. The summed E-state index contributed by atoms with van der Waals surface area (Å²) < 4.78 is 15.3. The van der Waals surface area contributed by atoms with Gasteiger partial charge in [-0.15, -0.1) is 0 Å². The van der Waals surface area contributed by atoms with Crippen LogP contribution in [0.3, 0.4) is 0 Å². The molecule has 0 aliphatic heterocycles. The molecule has 0 unspecified atom stereocenters. The van der Waals surface area contributed by atoms with Gasteiger partial charge in [-0.1, -0.05) is 0 Å². The van der Waals surface area contributed by atoms with Crippen molar-refractivity contribution in [2.45, 2.75) is 25.7 Å². The van der Waals surface area contributed by atoms with Gasteiger partial charge in [0.05, 0.1) is 11.1 Å². The molecule has 1 fully saturated rings. The highest BCUT2D eigenvalue weighted by Gasteiger charge is 2.32. The number of carboxylic acid groups (broad SMARTS) is 1. The van der Waals surface area contributed by atoms with Crippen molar-refractivity contribution < 1.29 is 14.3 Å². The molecule has 0 radical (unpaired) electrons. The number of rotatable bonds is 3. The van der Waals surface area contributed by atoms with Crippen molar-refractivity contribution >= 4 is 17.2 Å². The van der Waals surface area contributed by atoms with Gasteiger partial charge in [-0.25, -0.2) is 9.18 Å². The Morgan fingerprint density at radius 3 is 2.62 bits per heavy atom. The summed E-state index contributed by atoms with van der Waals surface area (Å²) in [5, 5.41) is 9.56. The molecule has 2 aromatic heterocycles. The lowest BCUT2D eigenvalue weighted by Gasteiger charge is -2.16. The fourth-order valence-corrected chi connectivity index (χ4v) is 3.61. The van der Waals surface area contributed by atoms with Gasteiger partial charge in [0.1, 0.15) is 5.82 Å². The average Bonchev–Trinajstić information content (AvgIpc) is 3.39. The minimum atomic E-state index is -1.11. The summed E-state index contributed by atoms with van der Waals surface area (Å²) >= 11 is 0. The quantitative estimate of drug-likeness (QED) is 0.706. The van der Waals surface area contributed by atoms with Gasteiger partial charge in [0.25, 0.3) is 5.56 Å². The van der Waals surface area contributed by atoms with E-state index in [4.69, 9.17) is 5.73 Å². The van der Waals surface area contributed by atoms with E-state index in [1.165, 1.54) is 22.6 Å². The molecule has 1 aromatic carbocycles. The van der Waals surface area contributed by atoms with E-state index in [-0.39, 0.29) is 11.5 Å². The summed E-state index contributed by atoms with van der Waals surface area (Å²) in [5.41, 5.74) is 9.05. The molecule has 2 heterocycles. The Morgan fingerprint density at radius 2 is 2.00 bits per heavy atom. The second-order valence-corrected chi connectivity index (χ2v) is 6.74. The van der Waals surface area contributed by atoms with Crippen LogP contribution in [-0.4, -0.2) is 15.5 Å². The lowest BCUT2D eigenvalue weighted by atomic mass is 9.95. The van der Waals surface area contributed by atoms with Gasteiger partial charge in [-0.05, 0) is 72.2 Å². The number of nitrogens with zero attached hydrogens (tertiary/aromatic N) is 1. The van der Waals surface area contributed by atoms with Gasteiger partial charge in [-0.2, -0.15) is 0 Å². The van der Waals surface area contributed by atoms with Crippen LogP contribution < -0.4 is 11.3 Å². The van der Waals surface area contributed by atoms with Crippen LogP contribution in [0.5, 0.6) is 0 Å². The fraction of sp³-hybridized carbons (Fsp3) is 0.200. The molecule has 3 N–H and O–H groups in total. The number of carbonyl (C=O) groups is 1. The number of hydrogen-bond donors (Lipinski definition) is 2. The Morgan fingerprint density at radius 1 is 1.27 bits per heavy atom. The number of pyridine rings is 2. The lowest BCUT2D eigenvalue weighted by Crippen LogP contribution is -2.19. The molecule has 4 rings (SSSR count). The van der Waals surface area contributed by atoms with Crippen LogP contribution >= 0.6 is 0 Å². The van der Waals surface area contributed by atoms with Crippen molar-refractivity contribution in [2.24, 2.45) is 0 Å². The first-order chi connectivity index (χ1) is 12.4. The topological polar surface area (TPSA) is 84.8 Å². The second-order valence-electron chi connectivity index (χ2n) is 6.74. The summed E-state index contributed by atoms with van der Waals surface area (Å²) in [4.78, 5) is 24.1. The van der Waals surface area contributed by atoms with Gasteiger partial charge in [0.2, 0.25) is 0 Å². The number of nitrogen functional groups attached to an aromatic ring is 1. The second kappa shape index (κ2) is 5.69. The summed E-state index contributed by atoms with van der Waals surface area (Å²) in [5.74, 6) is -1.42. The molecule has 0 saturated heterocycles. The Labute approximate surface area is 148 Å². The van der Waals surface area contributed by atoms with Crippen LogP contribution in [0.4, 0.5) is 10.1 Å². The van der Waals surface area contributed by atoms with Gasteiger partial charge < -0.3 is 10.8 Å². The Balaban J connectivity index is 2.10. The smallest absolute Gasteiger partial charge is 0.336 e. The zero-order chi connectivity index (χ0) is 18.6. The minimum absolute atomic E-state index is 0.0523. The largest absolute Gasteiger partial charge is 0.478 e. The SMILES string of the molecule is Cc1c(-c2cc(N)cc(F)c2)ccn2c(=O)cc(C(=O)O)c(C3CC3)c12. The minimum Gasteiger partial charge on any atom is -0.478 e. The number of nitrogens with two attached hydrogens (primary N) is 1. The molecule has 1 aliphatic carbocycles. The maximum absolute atomic E-state index is 13.8. The highest BCUT2D eigenvalue weighted by Crippen LogP contribution is 2.45. The standard InChI is InChI=1S/C20H17FN2O3/c1-10-15(12-6-13(21)8-14(22)7-12)4-5-23-17(24)9-16(20(25)26)18(19(10)23)11-2-3-11/h4-9,11H,2-3,22H2,1H3,(H,25,26). The van der Waals surface area contributed by atoms with E-state index in [0.717, 1.165) is 24.0 Å². The fourth-order valence-electron chi connectivity index (χ4n) is 3.61. The first kappa shape index (κ1) is 16.3. The molecular weight excluding hydrogens is 335 g/mol. The molecule has 0 spiro atoms. The normalized spacial score (nSPS) is 13.9. The average molecular weight is 352 g/mol. The molecule has 0 bridgehead atoms. The summed E-state index contributed by atoms with van der Waals surface area (Å²) in [7, 11) is 0. The molecule has 0 amide bonds. The molecule has 26 heavy (non-hydrogen) atoms. The number of aryl methyl sites for hydroxylation is 1. The van der Waals surface area contributed by atoms with Crippen LogP contribution in [0.15, 0.2) is 41.3 Å². The predicted molar refractivity (Wildman–Crippen MR) is 97.1 cm³/mol. The van der Waals surface area contributed by atoms with Crippen LogP contribution in [0.2, 0.25) is 0 Å². The van der Waals surface area contributed by atoms with Gasteiger partial charge >= 0.3 is 5.97 Å². The molecule has 1 saturated carbocycles. The molecule has 132 valence electrons. The Bertz CT molecular complexity index is 1110. The van der Waals surface area contributed by atoms with E-state index in [0.29, 0.717) is 22.3 Å². The van der Waals surface area contributed by atoms with E-state index in [9.17, 15) is 19.1 Å². The number of anilines is 1. The highest BCUT2D eigenvalue weighted by molar-refractivity contribution is 5.93. The molecule has 0 atom stereocenters. The van der Waals surface area contributed by atoms with E-state index >= 15 is 0 Å². The van der Waals surface area contributed by atoms with Gasteiger partial charge in [0.15, 0.2) is 0 Å². The Hall–Kier alpha value is -3.15. The van der Waals surface area contributed by atoms with Gasteiger partial charge in [-0.3, -0.25) is 9.20 Å². The predicted octanol–water partition coefficient (Wildman–Crippen LogP) is 3.57. The number of carboxylic acids is 1. The number of aromatic nitrogens is 1. The highest BCUT2D eigenvalue weighted by atomic mass is 19.1.